The maximum Gasteiger partial charge on any atom is 0.434 e. The van der Waals surface area contributed by atoms with E-state index in [1.54, 1.807) is 0 Å². The molecule has 26 heavy (non-hydrogen) atoms. The van der Waals surface area contributed by atoms with E-state index >= 15 is 0 Å². The van der Waals surface area contributed by atoms with Crippen LogP contribution >= 0.6 is 23.2 Å². The van der Waals surface area contributed by atoms with Crippen LogP contribution in [0.4, 0.5) is 24.8 Å². The van der Waals surface area contributed by atoms with Gasteiger partial charge in [-0.1, -0.05) is 23.2 Å². The molecule has 0 saturated heterocycles. The third-order valence-electron chi connectivity index (χ3n) is 3.86. The van der Waals surface area contributed by atoms with E-state index in [1.807, 2.05) is 0 Å². The molecule has 2 aromatic rings. The topological polar surface area (TPSA) is 66.9 Å². The zero-order chi connectivity index (χ0) is 18.9. The molecule has 3 rings (SSSR count). The highest BCUT2D eigenvalue weighted by molar-refractivity contribution is 6.35. The second-order valence-corrected chi connectivity index (χ2v) is 6.71. The number of anilines is 2. The highest BCUT2D eigenvalue weighted by atomic mass is 35.5. The molecule has 10 heteroatoms. The Bertz CT molecular complexity index is 820. The third kappa shape index (κ3) is 4.37. The molecule has 5 nitrogen and oxygen atoms in total. The van der Waals surface area contributed by atoms with E-state index in [0.29, 0.717) is 15.7 Å². The standard InChI is InChI=1S/C16H13Cl2F3N4O/c17-8-4-9(18)6-11(5-8)24-15-22-7-12(13(25-15)16(19,20)21)14(26)23-10-2-1-3-10/h4-7,10H,1-3H2,(H,23,26)(H,22,24,25). The van der Waals surface area contributed by atoms with Crippen molar-refractivity contribution in [2.24, 2.45) is 0 Å². The number of amides is 1. The number of halogens is 5. The van der Waals surface area contributed by atoms with Crippen LogP contribution in [0.15, 0.2) is 24.4 Å². The number of aromatic nitrogens is 2. The maximum absolute atomic E-state index is 13.3. The van der Waals surface area contributed by atoms with Crippen LogP contribution in [0.3, 0.4) is 0 Å². The van der Waals surface area contributed by atoms with Crippen molar-refractivity contribution < 1.29 is 18.0 Å². The normalized spacial score (nSPS) is 14.7. The second-order valence-electron chi connectivity index (χ2n) is 5.84. The third-order valence-corrected chi connectivity index (χ3v) is 4.30. The lowest BCUT2D eigenvalue weighted by Crippen LogP contribution is -2.40. The summed E-state index contributed by atoms with van der Waals surface area (Å²) in [5.74, 6) is -1.16. The van der Waals surface area contributed by atoms with Gasteiger partial charge in [-0.05, 0) is 37.5 Å². The van der Waals surface area contributed by atoms with Crippen molar-refractivity contribution in [3.8, 4) is 0 Å². The molecule has 0 spiro atoms. The predicted molar refractivity (Wildman–Crippen MR) is 91.9 cm³/mol. The van der Waals surface area contributed by atoms with E-state index in [1.165, 1.54) is 18.2 Å². The molecule has 1 amide bonds. The summed E-state index contributed by atoms with van der Waals surface area (Å²) in [4.78, 5) is 19.4. The minimum atomic E-state index is -4.81. The molecule has 1 aromatic heterocycles. The summed E-state index contributed by atoms with van der Waals surface area (Å²) in [5.41, 5.74) is -1.60. The molecule has 1 saturated carbocycles. The first-order valence-electron chi connectivity index (χ1n) is 7.70. The van der Waals surface area contributed by atoms with Crippen molar-refractivity contribution in [1.82, 2.24) is 15.3 Å². The number of alkyl halides is 3. The van der Waals surface area contributed by atoms with Gasteiger partial charge in [-0.25, -0.2) is 9.97 Å². The lowest BCUT2D eigenvalue weighted by molar-refractivity contribution is -0.141. The molecule has 0 bridgehead atoms. The molecule has 0 aliphatic heterocycles. The number of hydrogen-bond donors (Lipinski definition) is 2. The van der Waals surface area contributed by atoms with Crippen LogP contribution in [0.25, 0.3) is 0 Å². The zero-order valence-electron chi connectivity index (χ0n) is 13.2. The van der Waals surface area contributed by atoms with Crippen LogP contribution in [-0.2, 0) is 6.18 Å². The Morgan fingerprint density at radius 2 is 1.81 bits per heavy atom. The van der Waals surface area contributed by atoms with Crippen molar-refractivity contribution in [3.63, 3.8) is 0 Å². The summed E-state index contributed by atoms with van der Waals surface area (Å²) < 4.78 is 40.0. The van der Waals surface area contributed by atoms with E-state index in [0.717, 1.165) is 25.5 Å². The number of carbonyl (C=O) groups excluding carboxylic acids is 1. The van der Waals surface area contributed by atoms with E-state index in [-0.39, 0.29) is 12.0 Å². The SMILES string of the molecule is O=C(NC1CCC1)c1cnc(Nc2cc(Cl)cc(Cl)c2)nc1C(F)(F)F. The van der Waals surface area contributed by atoms with E-state index in [2.05, 4.69) is 20.6 Å². The average molecular weight is 405 g/mol. The largest absolute Gasteiger partial charge is 0.434 e. The van der Waals surface area contributed by atoms with Crippen LogP contribution in [0.2, 0.25) is 10.0 Å². The average Bonchev–Trinajstić information content (AvgIpc) is 2.48. The Kier molecular flexibility index (Phi) is 5.24. The Labute approximate surface area is 156 Å². The summed E-state index contributed by atoms with van der Waals surface area (Å²) in [7, 11) is 0. The number of carbonyl (C=O) groups is 1. The molecule has 138 valence electrons. The van der Waals surface area contributed by atoms with Crippen LogP contribution in [-0.4, -0.2) is 21.9 Å². The summed E-state index contributed by atoms with van der Waals surface area (Å²) in [5, 5.41) is 5.76. The first-order chi connectivity index (χ1) is 12.2. The summed E-state index contributed by atoms with van der Waals surface area (Å²) in [6, 6.07) is 4.29. The number of nitrogens with zero attached hydrogens (tertiary/aromatic N) is 2. The smallest absolute Gasteiger partial charge is 0.349 e. The predicted octanol–water partition coefficient (Wildman–Crippen LogP) is 4.83. The quantitative estimate of drug-likeness (QED) is 0.765. The Morgan fingerprint density at radius 1 is 1.15 bits per heavy atom. The van der Waals surface area contributed by atoms with Gasteiger partial charge < -0.3 is 10.6 Å². The molecule has 1 heterocycles. The monoisotopic (exact) mass is 404 g/mol. The molecule has 2 N–H and O–H groups in total. The van der Waals surface area contributed by atoms with Gasteiger partial charge in [0.05, 0.1) is 5.56 Å². The second kappa shape index (κ2) is 7.28. The highest BCUT2D eigenvalue weighted by Crippen LogP contribution is 2.32. The first kappa shape index (κ1) is 18.7. The van der Waals surface area contributed by atoms with Gasteiger partial charge in [0, 0.05) is 28.0 Å². The number of hydrogen-bond acceptors (Lipinski definition) is 4. The van der Waals surface area contributed by atoms with Gasteiger partial charge in [0.25, 0.3) is 5.91 Å². The molecule has 1 aliphatic rings. The number of benzene rings is 1. The lowest BCUT2D eigenvalue weighted by Gasteiger charge is -2.26. The molecule has 1 fully saturated rings. The van der Waals surface area contributed by atoms with Crippen LogP contribution in [0.1, 0.15) is 35.3 Å². The van der Waals surface area contributed by atoms with Gasteiger partial charge in [0.15, 0.2) is 5.69 Å². The summed E-state index contributed by atoms with van der Waals surface area (Å²) >= 11 is 11.7. The van der Waals surface area contributed by atoms with Crippen molar-refractivity contribution >= 4 is 40.7 Å². The fraction of sp³-hybridized carbons (Fsp3) is 0.312. The fourth-order valence-corrected chi connectivity index (χ4v) is 2.92. The molecule has 1 aromatic carbocycles. The first-order valence-corrected chi connectivity index (χ1v) is 8.46. The Balaban J connectivity index is 1.89. The molecule has 0 radical (unpaired) electrons. The minimum Gasteiger partial charge on any atom is -0.349 e. The van der Waals surface area contributed by atoms with Crippen molar-refractivity contribution in [2.75, 3.05) is 5.32 Å². The number of rotatable bonds is 4. The van der Waals surface area contributed by atoms with Gasteiger partial charge in [0.1, 0.15) is 0 Å². The van der Waals surface area contributed by atoms with Crippen LogP contribution in [0, 0.1) is 0 Å². The molecule has 0 atom stereocenters. The summed E-state index contributed by atoms with van der Waals surface area (Å²) in [6.07, 6.45) is -1.50. The lowest BCUT2D eigenvalue weighted by atomic mass is 9.93. The molecular formula is C16H13Cl2F3N4O. The van der Waals surface area contributed by atoms with Crippen molar-refractivity contribution in [2.45, 2.75) is 31.5 Å². The van der Waals surface area contributed by atoms with E-state index in [9.17, 15) is 18.0 Å². The maximum atomic E-state index is 13.3. The van der Waals surface area contributed by atoms with Crippen molar-refractivity contribution in [3.05, 3.63) is 45.7 Å². The van der Waals surface area contributed by atoms with Gasteiger partial charge >= 0.3 is 6.18 Å². The molecular weight excluding hydrogens is 392 g/mol. The van der Waals surface area contributed by atoms with E-state index in [4.69, 9.17) is 23.2 Å². The number of nitrogens with one attached hydrogen (secondary N) is 2. The molecule has 0 unspecified atom stereocenters. The Hall–Kier alpha value is -2.06. The van der Waals surface area contributed by atoms with Gasteiger partial charge in [-0.15, -0.1) is 0 Å². The van der Waals surface area contributed by atoms with Gasteiger partial charge in [-0.2, -0.15) is 13.2 Å². The Morgan fingerprint density at radius 3 is 2.35 bits per heavy atom. The van der Waals surface area contributed by atoms with E-state index < -0.39 is 23.3 Å². The van der Waals surface area contributed by atoms with Gasteiger partial charge in [0.2, 0.25) is 5.95 Å². The summed E-state index contributed by atoms with van der Waals surface area (Å²) in [6.45, 7) is 0. The minimum absolute atomic E-state index is 0.102. The molecule has 1 aliphatic carbocycles. The fourth-order valence-electron chi connectivity index (χ4n) is 2.40. The van der Waals surface area contributed by atoms with Crippen LogP contribution < -0.4 is 10.6 Å². The van der Waals surface area contributed by atoms with Crippen LogP contribution in [0.5, 0.6) is 0 Å². The highest BCUT2D eigenvalue weighted by Gasteiger charge is 2.38. The van der Waals surface area contributed by atoms with Crippen molar-refractivity contribution in [1.29, 1.82) is 0 Å². The zero-order valence-corrected chi connectivity index (χ0v) is 14.7. The van der Waals surface area contributed by atoms with Gasteiger partial charge in [-0.3, -0.25) is 4.79 Å².